The number of hydrogen-bond donors (Lipinski definition) is 0. The lowest BCUT2D eigenvalue weighted by atomic mass is 9.97. The largest absolute Gasteiger partial charge is 0.309 e. The van der Waals surface area contributed by atoms with Crippen molar-refractivity contribution in [3.05, 3.63) is 352 Å². The van der Waals surface area contributed by atoms with E-state index in [0.717, 1.165) is 105 Å². The fourth-order valence-electron chi connectivity index (χ4n) is 16.1. The van der Waals surface area contributed by atoms with Crippen LogP contribution in [0.3, 0.4) is 0 Å². The number of benzene rings is 16. The van der Waals surface area contributed by atoms with E-state index in [0.29, 0.717) is 34.9 Å². The molecular weight excluding hydrogens is 1350 g/mol. The molecule has 22 rings (SSSR count). The highest BCUT2D eigenvalue weighted by Crippen LogP contribution is 2.44. The van der Waals surface area contributed by atoms with E-state index in [4.69, 9.17) is 29.9 Å². The molecule has 6 heterocycles. The molecule has 0 N–H and O–H groups in total. The Labute approximate surface area is 627 Å². The van der Waals surface area contributed by atoms with Crippen molar-refractivity contribution in [3.8, 4) is 113 Å². The van der Waals surface area contributed by atoms with Crippen LogP contribution in [0.4, 0.5) is 0 Å². The molecule has 108 heavy (non-hydrogen) atoms. The van der Waals surface area contributed by atoms with Crippen molar-refractivity contribution in [1.82, 2.24) is 39.0 Å². The molecule has 0 bridgehead atoms. The van der Waals surface area contributed by atoms with Crippen LogP contribution in [0.2, 0.25) is 0 Å². The monoisotopic (exact) mass is 1410 g/mol. The minimum absolute atomic E-state index is 0.593. The highest BCUT2D eigenvalue weighted by Gasteiger charge is 2.22. The third kappa shape index (κ3) is 10.4. The van der Waals surface area contributed by atoms with E-state index in [9.17, 15) is 0 Å². The van der Waals surface area contributed by atoms with Gasteiger partial charge in [0.1, 0.15) is 0 Å². The summed E-state index contributed by atoms with van der Waals surface area (Å²) in [4.78, 5) is 32.0. The van der Waals surface area contributed by atoms with Gasteiger partial charge >= 0.3 is 0 Å². The number of aromatic nitrogens is 8. The molecule has 0 saturated heterocycles. The molecule has 0 saturated carbocycles. The van der Waals surface area contributed by atoms with Crippen LogP contribution in [0.1, 0.15) is 0 Å². The number of rotatable bonds is 11. The highest BCUT2D eigenvalue weighted by atomic mass is 32.1. The lowest BCUT2D eigenvalue weighted by molar-refractivity contribution is 1.07. The minimum atomic E-state index is 0.593. The maximum Gasteiger partial charge on any atom is 0.165 e. The molecule has 8 nitrogen and oxygen atoms in total. The average Bonchev–Trinajstić information content (AvgIpc) is 1.58. The van der Waals surface area contributed by atoms with Gasteiger partial charge in [-0.3, -0.25) is 0 Å². The zero-order valence-corrected chi connectivity index (χ0v) is 59.5. The average molecular weight is 1410 g/mol. The first-order valence-electron chi connectivity index (χ1n) is 36.3. The zero-order valence-electron chi connectivity index (χ0n) is 57.9. The van der Waals surface area contributed by atoms with Gasteiger partial charge in [0.05, 0.1) is 22.1 Å². The smallest absolute Gasteiger partial charge is 0.165 e. The molecule has 0 unspecified atom stereocenters. The SMILES string of the molecule is c1ccc(-c2cccc(-c3nc(-c4ccc(-n5c6cc(-c7cccc(-c8cccc(-c9nc(-c%10ccc(-n%11c%12ccccc%12c%12cc%13ccccc%13cc%12%11)cc%10)nc(-c%10ccc%11c(c%10)sc%10ccccc%10%11)n9)c8)c7)ccc6c6cc7ccccc7cc65)cc4)nc(-c4cccc5c4sc4ccccc45)n3)c2)cc1. The van der Waals surface area contributed by atoms with Crippen LogP contribution in [-0.2, 0) is 0 Å². The predicted molar refractivity (Wildman–Crippen MR) is 452 cm³/mol. The van der Waals surface area contributed by atoms with E-state index in [1.807, 2.05) is 6.07 Å². The van der Waals surface area contributed by atoms with Crippen LogP contribution >= 0.6 is 22.7 Å². The van der Waals surface area contributed by atoms with Gasteiger partial charge in [0.25, 0.3) is 0 Å². The maximum atomic E-state index is 5.36. The maximum absolute atomic E-state index is 5.36. The standard InChI is InChI=1S/C98H58N8S2/c1-2-18-59(19-3-1)62-24-15-28-71(51-62)96-101-94(103-98(104-96)82-34-17-33-81-79-32-10-13-37-90(79)108-92(81)82)61-40-46-75(47-41-61)106-86-57-70(42-48-77(86)84-54-67-21-5-7-23-69(67)56-88(84)106)64-26-14-25-63(50-64)65-27-16-29-72(52-65)95-99-93(100-97(102-95)73-43-49-80-78-31-9-12-36-89(78)107-91(80)58-73)60-38-44-74(45-39-60)105-85-35-11-8-30-76(85)83-53-66-20-4-6-22-68(66)55-87(83)105/h1-58H. The lowest BCUT2D eigenvalue weighted by Gasteiger charge is -2.13. The van der Waals surface area contributed by atoms with Crippen LogP contribution < -0.4 is 0 Å². The second kappa shape index (κ2) is 24.9. The summed E-state index contributed by atoms with van der Waals surface area (Å²) in [5, 5.41) is 14.5. The van der Waals surface area contributed by atoms with Gasteiger partial charge in [0.2, 0.25) is 0 Å². The van der Waals surface area contributed by atoms with Gasteiger partial charge in [-0.25, -0.2) is 29.9 Å². The Hall–Kier alpha value is -13.9. The van der Waals surface area contributed by atoms with Crippen molar-refractivity contribution >= 4 is 128 Å². The van der Waals surface area contributed by atoms with Crippen molar-refractivity contribution in [2.45, 2.75) is 0 Å². The number of thiophene rings is 2. The first kappa shape index (κ1) is 61.6. The Kier molecular flexibility index (Phi) is 14.2. The fourth-order valence-corrected chi connectivity index (χ4v) is 18.5. The predicted octanol–water partition coefficient (Wildman–Crippen LogP) is 26.3. The zero-order chi connectivity index (χ0) is 70.9. The summed E-state index contributed by atoms with van der Waals surface area (Å²) in [6.07, 6.45) is 0. The molecule has 0 aliphatic carbocycles. The van der Waals surface area contributed by atoms with Gasteiger partial charge in [-0.05, 0) is 182 Å². The summed E-state index contributed by atoms with van der Waals surface area (Å²) in [6.45, 7) is 0. The van der Waals surface area contributed by atoms with Crippen molar-refractivity contribution < 1.29 is 0 Å². The van der Waals surface area contributed by atoms with Gasteiger partial charge in [-0.15, -0.1) is 22.7 Å². The fraction of sp³-hybridized carbons (Fsp3) is 0. The van der Waals surface area contributed by atoms with Gasteiger partial charge < -0.3 is 9.13 Å². The van der Waals surface area contributed by atoms with Crippen molar-refractivity contribution in [3.63, 3.8) is 0 Å². The van der Waals surface area contributed by atoms with Crippen LogP contribution in [0.5, 0.6) is 0 Å². The van der Waals surface area contributed by atoms with E-state index in [1.54, 1.807) is 22.7 Å². The molecule has 0 amide bonds. The molecule has 0 radical (unpaired) electrons. The minimum Gasteiger partial charge on any atom is -0.309 e. The molecule has 10 heteroatoms. The molecule has 6 aromatic heterocycles. The third-order valence-corrected chi connectivity index (χ3v) is 23.7. The summed E-state index contributed by atoms with van der Waals surface area (Å²) in [5.41, 5.74) is 18.6. The number of hydrogen-bond acceptors (Lipinski definition) is 8. The van der Waals surface area contributed by atoms with E-state index in [-0.39, 0.29) is 0 Å². The Morgan fingerprint density at radius 1 is 0.185 bits per heavy atom. The quantitative estimate of drug-likeness (QED) is 0.128. The molecule has 16 aromatic carbocycles. The van der Waals surface area contributed by atoms with Crippen LogP contribution in [0.25, 0.3) is 219 Å². The van der Waals surface area contributed by atoms with E-state index in [2.05, 4.69) is 355 Å². The summed E-state index contributed by atoms with van der Waals surface area (Å²) in [6, 6.07) is 126. The van der Waals surface area contributed by atoms with Gasteiger partial charge in [-0.2, -0.15) is 0 Å². The van der Waals surface area contributed by atoms with Crippen molar-refractivity contribution in [1.29, 1.82) is 0 Å². The molecule has 22 aromatic rings. The highest BCUT2D eigenvalue weighted by molar-refractivity contribution is 7.26. The summed E-state index contributed by atoms with van der Waals surface area (Å²) >= 11 is 3.57. The first-order valence-corrected chi connectivity index (χ1v) is 37.9. The first-order chi connectivity index (χ1) is 53.4. The third-order valence-electron chi connectivity index (χ3n) is 21.4. The number of nitrogens with zero attached hydrogens (tertiary/aromatic N) is 8. The van der Waals surface area contributed by atoms with E-state index in [1.165, 1.54) is 78.7 Å². The molecule has 0 fully saturated rings. The second-order valence-corrected chi connectivity index (χ2v) is 29.9. The Morgan fingerprint density at radius 2 is 0.546 bits per heavy atom. The van der Waals surface area contributed by atoms with E-state index >= 15 is 0 Å². The Morgan fingerprint density at radius 3 is 1.14 bits per heavy atom. The normalized spacial score (nSPS) is 11.9. The molecular formula is C98H58N8S2. The van der Waals surface area contributed by atoms with Crippen molar-refractivity contribution in [2.24, 2.45) is 0 Å². The molecule has 502 valence electrons. The molecule has 0 aliphatic heterocycles. The van der Waals surface area contributed by atoms with Gasteiger partial charge in [-0.1, -0.05) is 224 Å². The van der Waals surface area contributed by atoms with Crippen molar-refractivity contribution in [2.75, 3.05) is 0 Å². The summed E-state index contributed by atoms with van der Waals surface area (Å²) < 4.78 is 9.60. The van der Waals surface area contributed by atoms with E-state index < -0.39 is 0 Å². The van der Waals surface area contributed by atoms with Crippen LogP contribution in [0, 0.1) is 0 Å². The topological polar surface area (TPSA) is 87.2 Å². The Bertz CT molecular complexity index is 7440. The molecule has 0 aliphatic rings. The second-order valence-electron chi connectivity index (χ2n) is 27.8. The lowest BCUT2D eigenvalue weighted by Crippen LogP contribution is -2.01. The number of fused-ring (bicyclic) bond motifs is 14. The Balaban J connectivity index is 0.635. The number of para-hydroxylation sites is 1. The summed E-state index contributed by atoms with van der Waals surface area (Å²) in [7, 11) is 0. The summed E-state index contributed by atoms with van der Waals surface area (Å²) in [5.74, 6) is 3.64. The molecule has 0 spiro atoms. The van der Waals surface area contributed by atoms with Crippen LogP contribution in [-0.4, -0.2) is 39.0 Å². The van der Waals surface area contributed by atoms with Gasteiger partial charge in [0, 0.05) is 107 Å². The van der Waals surface area contributed by atoms with Crippen LogP contribution in [0.15, 0.2) is 352 Å². The van der Waals surface area contributed by atoms with Gasteiger partial charge in [0.15, 0.2) is 34.9 Å². The molecule has 0 atom stereocenters.